The fourth-order valence-corrected chi connectivity index (χ4v) is 9.79. The van der Waals surface area contributed by atoms with Crippen LogP contribution in [0.5, 0.6) is 0 Å². The third-order valence-corrected chi connectivity index (χ3v) is 12.2. The lowest BCUT2D eigenvalue weighted by Crippen LogP contribution is -2.28. The fourth-order valence-electron chi connectivity index (χ4n) is 8.08. The maximum atomic E-state index is 13.7. The molecule has 7 aromatic carbocycles. The number of hydrogen-bond acceptors (Lipinski definition) is 5. The molecule has 0 amide bonds. The average molecular weight is 688 g/mol. The summed E-state index contributed by atoms with van der Waals surface area (Å²) in [7, 11) is -3.69. The Bertz CT molecular complexity index is 2760. The summed E-state index contributed by atoms with van der Waals surface area (Å²) in [6.45, 7) is 0. The van der Waals surface area contributed by atoms with Gasteiger partial charge in [-0.15, -0.1) is 0 Å². The molecule has 1 aliphatic heterocycles. The fraction of sp³-hybridized carbons (Fsp3) is 0.0217. The molecule has 0 saturated carbocycles. The van der Waals surface area contributed by atoms with E-state index in [0.717, 1.165) is 22.3 Å². The van der Waals surface area contributed by atoms with Crippen LogP contribution >= 0.6 is 0 Å². The minimum Gasteiger partial charge on any atom is -0.218 e. The highest BCUT2D eigenvalue weighted by Gasteiger charge is 2.46. The van der Waals surface area contributed by atoms with E-state index in [2.05, 4.69) is 103 Å². The van der Waals surface area contributed by atoms with E-state index in [1.54, 1.807) is 18.2 Å². The first-order chi connectivity index (χ1) is 25.5. The number of nitrogens with zero attached hydrogens (tertiary/aromatic N) is 3. The van der Waals surface area contributed by atoms with Crippen LogP contribution in [-0.2, 0) is 15.3 Å². The smallest absolute Gasteiger partial charge is 0.207 e. The van der Waals surface area contributed by atoms with Gasteiger partial charge in [-0.25, -0.2) is 23.4 Å². The zero-order chi connectivity index (χ0) is 34.9. The predicted octanol–water partition coefficient (Wildman–Crippen LogP) is 10.0. The van der Waals surface area contributed by atoms with Crippen molar-refractivity contribution in [2.45, 2.75) is 15.2 Å². The van der Waals surface area contributed by atoms with Gasteiger partial charge in [0.2, 0.25) is 9.84 Å². The molecule has 52 heavy (non-hydrogen) atoms. The van der Waals surface area contributed by atoms with Crippen LogP contribution in [-0.4, -0.2) is 23.4 Å². The molecule has 0 unspecified atom stereocenters. The third-order valence-electron chi connectivity index (χ3n) is 10.4. The standard InChI is InChI=1S/C46H29N3O2S/c50-52(51)41-23-13-11-21-37(41)38-27-25-32(29-42(38)52)45-48-43(30-14-4-1-5-15-30)47-44(49-45)31-24-26-36-35-20-10-12-22-39(35)46(40(36)28-31,33-16-6-2-7-17-33)34-18-8-3-9-19-34/h1-29H. The van der Waals surface area contributed by atoms with Crippen molar-refractivity contribution < 1.29 is 8.42 Å². The zero-order valence-corrected chi connectivity index (χ0v) is 28.6. The largest absolute Gasteiger partial charge is 0.218 e. The molecule has 0 saturated heterocycles. The maximum absolute atomic E-state index is 13.7. The van der Waals surface area contributed by atoms with E-state index in [1.165, 1.54) is 22.3 Å². The lowest BCUT2D eigenvalue weighted by atomic mass is 9.67. The maximum Gasteiger partial charge on any atom is 0.207 e. The summed E-state index contributed by atoms with van der Waals surface area (Å²) in [4.78, 5) is 15.7. The van der Waals surface area contributed by atoms with Crippen molar-refractivity contribution in [3.05, 3.63) is 198 Å². The molecular formula is C46H29N3O2S. The summed E-state index contributed by atoms with van der Waals surface area (Å²) in [5, 5.41) is 0. The van der Waals surface area contributed by atoms with E-state index in [9.17, 15) is 8.42 Å². The van der Waals surface area contributed by atoms with Crippen LogP contribution in [0.3, 0.4) is 0 Å². The van der Waals surface area contributed by atoms with E-state index in [-0.39, 0.29) is 4.90 Å². The molecule has 0 bridgehead atoms. The third kappa shape index (κ3) is 4.41. The summed E-state index contributed by atoms with van der Waals surface area (Å²) in [6, 6.07) is 58.9. The molecule has 5 nitrogen and oxygen atoms in total. The Morgan fingerprint density at radius 3 is 1.48 bits per heavy atom. The molecule has 0 fully saturated rings. The summed E-state index contributed by atoms with van der Waals surface area (Å²) in [5.74, 6) is 1.41. The second-order valence-electron chi connectivity index (χ2n) is 13.2. The number of rotatable bonds is 5. The minimum atomic E-state index is -3.69. The van der Waals surface area contributed by atoms with E-state index >= 15 is 0 Å². The van der Waals surface area contributed by atoms with Crippen molar-refractivity contribution >= 4 is 9.84 Å². The van der Waals surface area contributed by atoms with Crippen LogP contribution in [0.4, 0.5) is 0 Å². The topological polar surface area (TPSA) is 72.8 Å². The Morgan fingerprint density at radius 1 is 0.365 bits per heavy atom. The zero-order valence-electron chi connectivity index (χ0n) is 27.8. The molecular weight excluding hydrogens is 659 g/mol. The highest BCUT2D eigenvalue weighted by atomic mass is 32.2. The van der Waals surface area contributed by atoms with Gasteiger partial charge in [0.05, 0.1) is 15.2 Å². The molecule has 2 heterocycles. The highest BCUT2D eigenvalue weighted by molar-refractivity contribution is 7.92. The van der Waals surface area contributed by atoms with Crippen molar-refractivity contribution in [1.82, 2.24) is 15.0 Å². The van der Waals surface area contributed by atoms with Crippen LogP contribution < -0.4 is 0 Å². The molecule has 2 aliphatic rings. The van der Waals surface area contributed by atoms with E-state index in [0.29, 0.717) is 39.1 Å². The van der Waals surface area contributed by atoms with Gasteiger partial charge in [-0.3, -0.25) is 0 Å². The van der Waals surface area contributed by atoms with E-state index in [4.69, 9.17) is 15.0 Å². The van der Waals surface area contributed by atoms with Crippen molar-refractivity contribution in [2.75, 3.05) is 0 Å². The Balaban J connectivity index is 1.20. The molecule has 0 atom stereocenters. The van der Waals surface area contributed by atoms with Gasteiger partial charge >= 0.3 is 0 Å². The quantitative estimate of drug-likeness (QED) is 0.180. The van der Waals surface area contributed by atoms with Crippen LogP contribution in [0.1, 0.15) is 22.3 Å². The molecule has 246 valence electrons. The van der Waals surface area contributed by atoms with Crippen LogP contribution in [0.2, 0.25) is 0 Å². The molecule has 10 rings (SSSR count). The summed E-state index contributed by atoms with van der Waals surface area (Å²) < 4.78 is 27.4. The number of hydrogen-bond donors (Lipinski definition) is 0. The molecule has 1 aliphatic carbocycles. The summed E-state index contributed by atoms with van der Waals surface area (Å²) in [5.41, 5.74) is 10.2. The van der Waals surface area contributed by atoms with Crippen molar-refractivity contribution in [2.24, 2.45) is 0 Å². The van der Waals surface area contributed by atoms with Gasteiger partial charge in [0.25, 0.3) is 0 Å². The van der Waals surface area contributed by atoms with E-state index in [1.807, 2.05) is 54.6 Å². The van der Waals surface area contributed by atoms with Crippen LogP contribution in [0, 0.1) is 0 Å². The van der Waals surface area contributed by atoms with Gasteiger partial charge in [0, 0.05) is 27.8 Å². The van der Waals surface area contributed by atoms with Gasteiger partial charge < -0.3 is 0 Å². The Kier molecular flexibility index (Phi) is 6.72. The number of aromatic nitrogens is 3. The monoisotopic (exact) mass is 687 g/mol. The Hall–Kier alpha value is -6.50. The lowest BCUT2D eigenvalue weighted by Gasteiger charge is -2.34. The van der Waals surface area contributed by atoms with Crippen LogP contribution in [0.15, 0.2) is 186 Å². The van der Waals surface area contributed by atoms with Crippen molar-refractivity contribution in [3.8, 4) is 56.4 Å². The normalized spacial score (nSPS) is 14.2. The Morgan fingerprint density at radius 2 is 0.827 bits per heavy atom. The second-order valence-corrected chi connectivity index (χ2v) is 15.1. The Labute approximate surface area is 301 Å². The lowest BCUT2D eigenvalue weighted by molar-refractivity contribution is 0.598. The SMILES string of the molecule is O=S1(=O)c2ccccc2-c2ccc(-c3nc(-c4ccccc4)nc(-c4ccc5c(c4)C(c4ccccc4)(c4ccccc4)c4ccccc4-5)n3)cc21. The summed E-state index contributed by atoms with van der Waals surface area (Å²) >= 11 is 0. The minimum absolute atomic E-state index is 0.264. The number of sulfone groups is 1. The molecule has 0 N–H and O–H groups in total. The van der Waals surface area contributed by atoms with Gasteiger partial charge in [0.15, 0.2) is 17.5 Å². The second kappa shape index (κ2) is 11.5. The van der Waals surface area contributed by atoms with Gasteiger partial charge in [-0.05, 0) is 51.6 Å². The first-order valence-corrected chi connectivity index (χ1v) is 18.7. The van der Waals surface area contributed by atoms with Gasteiger partial charge in [-0.2, -0.15) is 0 Å². The average Bonchev–Trinajstić information content (AvgIpc) is 3.64. The molecule has 8 aromatic rings. The van der Waals surface area contributed by atoms with Crippen molar-refractivity contribution in [3.63, 3.8) is 0 Å². The molecule has 1 aromatic heterocycles. The van der Waals surface area contributed by atoms with Crippen molar-refractivity contribution in [1.29, 1.82) is 0 Å². The number of fused-ring (bicyclic) bond motifs is 6. The summed E-state index contributed by atoms with van der Waals surface area (Å²) in [6.07, 6.45) is 0. The predicted molar refractivity (Wildman–Crippen MR) is 204 cm³/mol. The highest BCUT2D eigenvalue weighted by Crippen LogP contribution is 2.56. The van der Waals surface area contributed by atoms with Crippen LogP contribution in [0.25, 0.3) is 56.4 Å². The molecule has 0 radical (unpaired) electrons. The molecule has 0 spiro atoms. The molecule has 6 heteroatoms. The first kappa shape index (κ1) is 30.3. The van der Waals surface area contributed by atoms with E-state index < -0.39 is 15.3 Å². The first-order valence-electron chi connectivity index (χ1n) is 17.2. The number of benzene rings is 7. The van der Waals surface area contributed by atoms with Gasteiger partial charge in [-0.1, -0.05) is 158 Å². The van der Waals surface area contributed by atoms with Gasteiger partial charge in [0.1, 0.15) is 0 Å².